The number of hydrogen-bond acceptors (Lipinski definition) is 5. The topological polar surface area (TPSA) is 83.0 Å². The van der Waals surface area contributed by atoms with Crippen LogP contribution in [-0.4, -0.2) is 71.6 Å². The van der Waals surface area contributed by atoms with E-state index >= 15 is 0 Å². The highest BCUT2D eigenvalue weighted by atomic mass is 16.5. The summed E-state index contributed by atoms with van der Waals surface area (Å²) in [6, 6.07) is 9.24. The van der Waals surface area contributed by atoms with E-state index < -0.39 is 11.5 Å². The standard InChI is InChI=1S/C21H25N3O4/c1-23-13-14(25)12-21(20(23)27)7-9-24(10-8-21)19(26)17-11-18(28-2)15-5-3-4-6-16(15)22-17/h3-6,11,14,25H,7-10,12-13H2,1-2H3. The van der Waals surface area contributed by atoms with Gasteiger partial charge in [-0.3, -0.25) is 9.59 Å². The lowest BCUT2D eigenvalue weighted by Gasteiger charge is -2.46. The molecule has 2 aliphatic rings. The Balaban J connectivity index is 1.55. The van der Waals surface area contributed by atoms with Crippen LogP contribution in [-0.2, 0) is 4.79 Å². The van der Waals surface area contributed by atoms with Crippen molar-refractivity contribution in [1.82, 2.24) is 14.8 Å². The Labute approximate surface area is 163 Å². The van der Waals surface area contributed by atoms with Crippen molar-refractivity contribution >= 4 is 22.7 Å². The van der Waals surface area contributed by atoms with Crippen LogP contribution < -0.4 is 4.74 Å². The van der Waals surface area contributed by atoms with Gasteiger partial charge in [0, 0.05) is 38.1 Å². The first-order valence-electron chi connectivity index (χ1n) is 9.60. The van der Waals surface area contributed by atoms with Crippen molar-refractivity contribution in [2.75, 3.05) is 33.8 Å². The number of benzene rings is 1. The zero-order chi connectivity index (χ0) is 19.9. The van der Waals surface area contributed by atoms with E-state index in [1.54, 1.807) is 30.0 Å². The first-order chi connectivity index (χ1) is 13.4. The molecule has 1 atom stereocenters. The molecule has 2 saturated heterocycles. The van der Waals surface area contributed by atoms with Crippen molar-refractivity contribution < 1.29 is 19.4 Å². The molecule has 0 radical (unpaired) electrons. The molecule has 0 aliphatic carbocycles. The lowest BCUT2D eigenvalue weighted by molar-refractivity contribution is -0.154. The minimum Gasteiger partial charge on any atom is -0.496 e. The zero-order valence-electron chi connectivity index (χ0n) is 16.2. The van der Waals surface area contributed by atoms with Crippen molar-refractivity contribution in [3.05, 3.63) is 36.0 Å². The number of fused-ring (bicyclic) bond motifs is 1. The number of likely N-dealkylation sites (tertiary alicyclic amines) is 2. The Morgan fingerprint density at radius 3 is 2.71 bits per heavy atom. The highest BCUT2D eigenvalue weighted by molar-refractivity contribution is 5.97. The van der Waals surface area contributed by atoms with Crippen LogP contribution in [0.25, 0.3) is 10.9 Å². The number of aromatic nitrogens is 1. The average Bonchev–Trinajstić information content (AvgIpc) is 2.71. The molecule has 28 heavy (non-hydrogen) atoms. The van der Waals surface area contributed by atoms with Gasteiger partial charge in [0.2, 0.25) is 5.91 Å². The maximum absolute atomic E-state index is 13.1. The van der Waals surface area contributed by atoms with Crippen LogP contribution >= 0.6 is 0 Å². The summed E-state index contributed by atoms with van der Waals surface area (Å²) < 4.78 is 5.44. The summed E-state index contributed by atoms with van der Waals surface area (Å²) in [6.45, 7) is 1.33. The highest BCUT2D eigenvalue weighted by Gasteiger charge is 2.48. The maximum atomic E-state index is 13.1. The summed E-state index contributed by atoms with van der Waals surface area (Å²) in [5.74, 6) is 0.543. The minimum atomic E-state index is -0.558. The molecule has 2 fully saturated rings. The summed E-state index contributed by atoms with van der Waals surface area (Å²) in [6.07, 6.45) is 1.09. The largest absolute Gasteiger partial charge is 0.496 e. The number of aliphatic hydroxyl groups excluding tert-OH is 1. The van der Waals surface area contributed by atoms with Gasteiger partial charge in [0.05, 0.1) is 24.1 Å². The fourth-order valence-corrected chi connectivity index (χ4v) is 4.55. The van der Waals surface area contributed by atoms with Crippen molar-refractivity contribution in [2.24, 2.45) is 5.41 Å². The number of β-amino-alcohol motifs (C(OH)–C–C–N with tert-alkyl or cyclic N) is 1. The fraction of sp³-hybridized carbons (Fsp3) is 0.476. The van der Waals surface area contributed by atoms with Crippen LogP contribution in [0.3, 0.4) is 0 Å². The molecule has 148 valence electrons. The quantitative estimate of drug-likeness (QED) is 0.853. The van der Waals surface area contributed by atoms with E-state index in [1.165, 1.54) is 0 Å². The summed E-state index contributed by atoms with van der Waals surface area (Å²) >= 11 is 0. The second kappa shape index (κ2) is 7.05. The van der Waals surface area contributed by atoms with Gasteiger partial charge in [-0.25, -0.2) is 4.98 Å². The van der Waals surface area contributed by atoms with Gasteiger partial charge in [0.15, 0.2) is 0 Å². The second-order valence-electron chi connectivity index (χ2n) is 7.84. The Bertz CT molecular complexity index is 921. The van der Waals surface area contributed by atoms with Crippen molar-refractivity contribution in [3.63, 3.8) is 0 Å². The summed E-state index contributed by atoms with van der Waals surface area (Å²) in [5.41, 5.74) is 0.502. The molecule has 2 aromatic rings. The van der Waals surface area contributed by atoms with Gasteiger partial charge in [0.1, 0.15) is 11.4 Å². The molecule has 1 spiro atoms. The second-order valence-corrected chi connectivity index (χ2v) is 7.84. The molecule has 1 N–H and O–H groups in total. The molecule has 1 aromatic carbocycles. The number of nitrogens with zero attached hydrogens (tertiary/aromatic N) is 3. The third kappa shape index (κ3) is 3.09. The number of para-hydroxylation sites is 1. The van der Waals surface area contributed by atoms with Crippen molar-refractivity contribution in [2.45, 2.75) is 25.4 Å². The number of methoxy groups -OCH3 is 1. The average molecular weight is 383 g/mol. The van der Waals surface area contributed by atoms with Crippen LogP contribution in [0, 0.1) is 5.41 Å². The van der Waals surface area contributed by atoms with Crippen LogP contribution in [0.1, 0.15) is 29.8 Å². The SMILES string of the molecule is COc1cc(C(=O)N2CCC3(CC2)CC(O)CN(C)C3=O)nc2ccccc12. The fourth-order valence-electron chi connectivity index (χ4n) is 4.55. The predicted octanol–water partition coefficient (Wildman–Crippen LogP) is 1.69. The number of hydrogen-bond donors (Lipinski definition) is 1. The van der Waals surface area contributed by atoms with E-state index in [4.69, 9.17) is 4.74 Å². The number of ether oxygens (including phenoxy) is 1. The lowest BCUT2D eigenvalue weighted by atomic mass is 9.71. The Hall–Kier alpha value is -2.67. The van der Waals surface area contributed by atoms with Gasteiger partial charge in [-0.2, -0.15) is 0 Å². The molecule has 3 heterocycles. The van der Waals surface area contributed by atoms with Crippen LogP contribution in [0.2, 0.25) is 0 Å². The molecular formula is C21H25N3O4. The molecule has 1 aromatic heterocycles. The van der Waals surface area contributed by atoms with E-state index in [1.807, 2.05) is 24.3 Å². The number of rotatable bonds is 2. The first kappa shape index (κ1) is 18.7. The van der Waals surface area contributed by atoms with E-state index in [-0.39, 0.29) is 11.8 Å². The normalized spacial score (nSPS) is 22.0. The van der Waals surface area contributed by atoms with E-state index in [2.05, 4.69) is 4.98 Å². The number of carbonyl (C=O) groups excluding carboxylic acids is 2. The molecule has 1 unspecified atom stereocenters. The van der Waals surface area contributed by atoms with Gasteiger partial charge >= 0.3 is 0 Å². The Morgan fingerprint density at radius 1 is 1.29 bits per heavy atom. The van der Waals surface area contributed by atoms with E-state index in [0.717, 1.165) is 5.39 Å². The highest BCUT2D eigenvalue weighted by Crippen LogP contribution is 2.41. The third-order valence-corrected chi connectivity index (χ3v) is 6.04. The molecule has 0 bridgehead atoms. The minimum absolute atomic E-state index is 0.0791. The summed E-state index contributed by atoms with van der Waals surface area (Å²) in [4.78, 5) is 33.6. The number of carbonyl (C=O) groups is 2. The molecule has 7 heteroatoms. The Morgan fingerprint density at radius 2 is 2.00 bits per heavy atom. The van der Waals surface area contributed by atoms with Crippen LogP contribution in [0.15, 0.2) is 30.3 Å². The number of pyridine rings is 1. The van der Waals surface area contributed by atoms with E-state index in [9.17, 15) is 14.7 Å². The Kier molecular flexibility index (Phi) is 4.71. The monoisotopic (exact) mass is 383 g/mol. The van der Waals surface area contributed by atoms with Gasteiger partial charge in [0.25, 0.3) is 5.91 Å². The van der Waals surface area contributed by atoms with Gasteiger partial charge < -0.3 is 19.6 Å². The van der Waals surface area contributed by atoms with Crippen LogP contribution in [0.5, 0.6) is 5.75 Å². The number of aliphatic hydroxyl groups is 1. The first-order valence-corrected chi connectivity index (χ1v) is 9.60. The summed E-state index contributed by atoms with van der Waals surface area (Å²) in [7, 11) is 3.31. The van der Waals surface area contributed by atoms with Gasteiger partial charge in [-0.1, -0.05) is 12.1 Å². The lowest BCUT2D eigenvalue weighted by Crippen LogP contribution is -2.56. The molecule has 0 saturated carbocycles. The number of piperidine rings is 2. The predicted molar refractivity (Wildman–Crippen MR) is 104 cm³/mol. The van der Waals surface area contributed by atoms with Gasteiger partial charge in [-0.05, 0) is 31.4 Å². The molecular weight excluding hydrogens is 358 g/mol. The summed E-state index contributed by atoms with van der Waals surface area (Å²) in [5, 5.41) is 11.0. The molecule has 2 aliphatic heterocycles. The molecule has 7 nitrogen and oxygen atoms in total. The van der Waals surface area contributed by atoms with E-state index in [0.29, 0.717) is 55.9 Å². The van der Waals surface area contributed by atoms with Gasteiger partial charge in [-0.15, -0.1) is 0 Å². The number of likely N-dealkylation sites (N-methyl/N-ethyl adjacent to an activating group) is 1. The molecule has 2 amide bonds. The number of amides is 2. The van der Waals surface area contributed by atoms with Crippen molar-refractivity contribution in [1.29, 1.82) is 0 Å². The van der Waals surface area contributed by atoms with Crippen LogP contribution in [0.4, 0.5) is 0 Å². The van der Waals surface area contributed by atoms with Crippen molar-refractivity contribution in [3.8, 4) is 5.75 Å². The zero-order valence-corrected chi connectivity index (χ0v) is 16.2. The maximum Gasteiger partial charge on any atom is 0.272 e. The molecule has 4 rings (SSSR count). The third-order valence-electron chi connectivity index (χ3n) is 6.04. The smallest absolute Gasteiger partial charge is 0.272 e.